The van der Waals surface area contributed by atoms with Crippen LogP contribution in [0.5, 0.6) is 5.88 Å². The number of carbonyl (C=O) groups excluding carboxylic acids is 2. The van der Waals surface area contributed by atoms with E-state index in [2.05, 4.69) is 25.7 Å². The van der Waals surface area contributed by atoms with Gasteiger partial charge in [-0.2, -0.15) is 18.3 Å². The van der Waals surface area contributed by atoms with Crippen molar-refractivity contribution >= 4 is 22.7 Å². The van der Waals surface area contributed by atoms with Crippen molar-refractivity contribution in [1.29, 1.82) is 0 Å². The summed E-state index contributed by atoms with van der Waals surface area (Å²) in [5.41, 5.74) is 2.42. The van der Waals surface area contributed by atoms with Crippen LogP contribution in [0.1, 0.15) is 23.7 Å². The number of alkyl halides is 3. The third kappa shape index (κ3) is 7.16. The van der Waals surface area contributed by atoms with Crippen molar-refractivity contribution in [3.8, 4) is 5.88 Å². The molecule has 0 unspecified atom stereocenters. The molecule has 3 aromatic rings. The Morgan fingerprint density at radius 1 is 1.18 bits per heavy atom. The maximum absolute atomic E-state index is 12.3. The lowest BCUT2D eigenvalue weighted by Gasteiger charge is -2.11. The van der Waals surface area contributed by atoms with Gasteiger partial charge >= 0.3 is 6.18 Å². The number of carbonyl (C=O) groups is 2. The molecular weight excluding hydrogens is 441 g/mol. The first kappa shape index (κ1) is 24.0. The van der Waals surface area contributed by atoms with Gasteiger partial charge in [-0.05, 0) is 24.6 Å². The number of aryl methyl sites for hydroxylation is 1. The zero-order valence-electron chi connectivity index (χ0n) is 18.1. The molecule has 0 bridgehead atoms. The molecule has 3 heterocycles. The zero-order valence-corrected chi connectivity index (χ0v) is 18.1. The van der Waals surface area contributed by atoms with Gasteiger partial charge in [0.1, 0.15) is 0 Å². The molecule has 0 aromatic carbocycles. The van der Waals surface area contributed by atoms with Crippen LogP contribution < -0.4 is 15.4 Å². The van der Waals surface area contributed by atoms with Gasteiger partial charge in [0, 0.05) is 49.6 Å². The first-order valence-corrected chi connectivity index (χ1v) is 10.1. The van der Waals surface area contributed by atoms with E-state index in [0.29, 0.717) is 41.8 Å². The van der Waals surface area contributed by atoms with E-state index >= 15 is 0 Å². The predicted molar refractivity (Wildman–Crippen MR) is 113 cm³/mol. The minimum absolute atomic E-state index is 0.0506. The van der Waals surface area contributed by atoms with Gasteiger partial charge in [0.25, 0.3) is 0 Å². The largest absolute Gasteiger partial charge is 0.468 e. The van der Waals surface area contributed by atoms with Gasteiger partial charge in [0.2, 0.25) is 17.7 Å². The van der Waals surface area contributed by atoms with Crippen LogP contribution in [0.4, 0.5) is 13.2 Å². The van der Waals surface area contributed by atoms with Crippen LogP contribution in [-0.2, 0) is 22.6 Å². The molecule has 0 spiro atoms. The number of aromatic nitrogens is 4. The average Bonchev–Trinajstić information content (AvgIpc) is 3.13. The summed E-state index contributed by atoms with van der Waals surface area (Å²) < 4.78 is 43.4. The predicted octanol–water partition coefficient (Wildman–Crippen LogP) is 1.92. The number of halogens is 3. The van der Waals surface area contributed by atoms with Crippen molar-refractivity contribution < 1.29 is 27.5 Å². The topological polar surface area (TPSA) is 111 Å². The molecular formula is C21H23F3N6O3. The molecule has 0 atom stereocenters. The molecule has 0 aliphatic carbocycles. The highest BCUT2D eigenvalue weighted by Gasteiger charge is 2.29. The fourth-order valence-corrected chi connectivity index (χ4v) is 3.12. The van der Waals surface area contributed by atoms with Crippen LogP contribution in [0, 0.1) is 6.92 Å². The molecule has 3 rings (SSSR count). The van der Waals surface area contributed by atoms with E-state index < -0.39 is 12.8 Å². The second-order valence-corrected chi connectivity index (χ2v) is 7.40. The number of rotatable bonds is 9. The average molecular weight is 464 g/mol. The molecule has 2 N–H and O–H groups in total. The third-order valence-corrected chi connectivity index (χ3v) is 4.52. The maximum Gasteiger partial charge on any atom is 0.422 e. The van der Waals surface area contributed by atoms with Crippen LogP contribution in [0.15, 0.2) is 30.7 Å². The molecule has 12 heteroatoms. The number of fused-ring (bicyclic) bond motifs is 1. The summed E-state index contributed by atoms with van der Waals surface area (Å²) in [7, 11) is 0. The van der Waals surface area contributed by atoms with Gasteiger partial charge in [-0.25, -0.2) is 4.98 Å². The Labute approximate surface area is 187 Å². The Kier molecular flexibility index (Phi) is 7.46. The van der Waals surface area contributed by atoms with Gasteiger partial charge in [-0.1, -0.05) is 0 Å². The molecule has 0 saturated carbocycles. The van der Waals surface area contributed by atoms with Gasteiger partial charge in [0.05, 0.1) is 24.2 Å². The minimum Gasteiger partial charge on any atom is -0.468 e. The van der Waals surface area contributed by atoms with E-state index in [-0.39, 0.29) is 24.1 Å². The minimum atomic E-state index is -4.43. The van der Waals surface area contributed by atoms with Crippen molar-refractivity contribution in [3.63, 3.8) is 0 Å². The molecule has 9 nitrogen and oxygen atoms in total. The number of nitrogens with zero attached hydrogens (tertiary/aromatic N) is 4. The molecule has 0 saturated heterocycles. The molecule has 0 fully saturated rings. The molecule has 0 aliphatic rings. The second-order valence-electron chi connectivity index (χ2n) is 7.40. The third-order valence-electron chi connectivity index (χ3n) is 4.52. The van der Waals surface area contributed by atoms with Crippen molar-refractivity contribution in [2.24, 2.45) is 0 Å². The smallest absolute Gasteiger partial charge is 0.422 e. The van der Waals surface area contributed by atoms with Crippen molar-refractivity contribution in [1.82, 2.24) is 30.4 Å². The zero-order chi connectivity index (χ0) is 24.0. The van der Waals surface area contributed by atoms with Gasteiger partial charge < -0.3 is 15.4 Å². The van der Waals surface area contributed by atoms with E-state index in [1.165, 1.54) is 13.1 Å². The number of nitrogens with one attached hydrogen (secondary N) is 2. The van der Waals surface area contributed by atoms with E-state index in [1.807, 2.05) is 0 Å². The van der Waals surface area contributed by atoms with Crippen LogP contribution in [0.3, 0.4) is 0 Å². The molecule has 0 radical (unpaired) electrons. The van der Waals surface area contributed by atoms with Crippen LogP contribution in [0.25, 0.3) is 10.9 Å². The first-order chi connectivity index (χ1) is 15.6. The van der Waals surface area contributed by atoms with Crippen molar-refractivity contribution in [2.75, 3.05) is 19.7 Å². The Bertz CT molecular complexity index is 1150. The first-order valence-electron chi connectivity index (χ1n) is 10.1. The Morgan fingerprint density at radius 3 is 2.64 bits per heavy atom. The standard InChI is InChI=1S/C21H23F3N6O3/c1-13-7-15(9-28-20(13)33-12-21(22,23)24)10-30-11-16-17(29-30)3-4-26-18(16)8-19(32)27-6-5-25-14(2)31/h3-4,7,9,11H,5-6,8,10,12H2,1-2H3,(H,25,31)(H,27,32). The molecule has 33 heavy (non-hydrogen) atoms. The molecule has 2 amide bonds. The SMILES string of the molecule is CC(=O)NCCNC(=O)Cc1nccc2nn(Cc3cnc(OCC(F)(F)F)c(C)c3)cc12. The van der Waals surface area contributed by atoms with E-state index in [0.717, 1.165) is 5.56 Å². The summed E-state index contributed by atoms with van der Waals surface area (Å²) in [6.45, 7) is 2.59. The highest BCUT2D eigenvalue weighted by atomic mass is 19.4. The monoisotopic (exact) mass is 464 g/mol. The highest BCUT2D eigenvalue weighted by molar-refractivity contribution is 5.86. The lowest BCUT2D eigenvalue weighted by atomic mass is 10.2. The Morgan fingerprint density at radius 2 is 1.94 bits per heavy atom. The van der Waals surface area contributed by atoms with Crippen molar-refractivity contribution in [3.05, 3.63) is 47.5 Å². The number of ether oxygens (including phenoxy) is 1. The number of hydrogen-bond donors (Lipinski definition) is 2. The van der Waals surface area contributed by atoms with E-state index in [4.69, 9.17) is 4.74 Å². The van der Waals surface area contributed by atoms with E-state index in [9.17, 15) is 22.8 Å². The summed E-state index contributed by atoms with van der Waals surface area (Å²) in [6, 6.07) is 3.41. The Balaban J connectivity index is 1.66. The van der Waals surface area contributed by atoms with Crippen LogP contribution in [0.2, 0.25) is 0 Å². The quantitative estimate of drug-likeness (QED) is 0.468. The Hall–Kier alpha value is -3.70. The summed E-state index contributed by atoms with van der Waals surface area (Å²) in [6.07, 6.45) is 0.377. The molecule has 3 aromatic heterocycles. The van der Waals surface area contributed by atoms with Gasteiger partial charge in [-0.15, -0.1) is 0 Å². The lowest BCUT2D eigenvalue weighted by molar-refractivity contribution is -0.154. The molecule has 0 aliphatic heterocycles. The fraction of sp³-hybridized carbons (Fsp3) is 0.381. The summed E-state index contributed by atoms with van der Waals surface area (Å²) in [5.74, 6) is -0.475. The van der Waals surface area contributed by atoms with E-state index in [1.54, 1.807) is 36.1 Å². The molecule has 176 valence electrons. The normalized spacial score (nSPS) is 11.4. The second kappa shape index (κ2) is 10.3. The summed E-state index contributed by atoms with van der Waals surface area (Å²) in [5, 5.41) is 10.5. The highest BCUT2D eigenvalue weighted by Crippen LogP contribution is 2.21. The maximum atomic E-state index is 12.3. The number of amides is 2. The van der Waals surface area contributed by atoms with Crippen LogP contribution in [-0.4, -0.2) is 57.4 Å². The van der Waals surface area contributed by atoms with Crippen molar-refractivity contribution in [2.45, 2.75) is 33.0 Å². The van der Waals surface area contributed by atoms with Gasteiger partial charge in [-0.3, -0.25) is 19.3 Å². The summed E-state index contributed by atoms with van der Waals surface area (Å²) in [4.78, 5) is 31.3. The van der Waals surface area contributed by atoms with Crippen LogP contribution >= 0.6 is 0 Å². The van der Waals surface area contributed by atoms with Gasteiger partial charge in [0.15, 0.2) is 6.61 Å². The number of hydrogen-bond acceptors (Lipinski definition) is 6. The fourth-order valence-electron chi connectivity index (χ4n) is 3.12. The lowest BCUT2D eigenvalue weighted by Crippen LogP contribution is -2.34. The summed E-state index contributed by atoms with van der Waals surface area (Å²) >= 11 is 0. The number of pyridine rings is 2.